The molecule has 1 unspecified atom stereocenters. The lowest BCUT2D eigenvalue weighted by Crippen LogP contribution is -2.21. The van der Waals surface area contributed by atoms with E-state index in [0.717, 1.165) is 34.5 Å². The molecule has 2 aromatic rings. The first-order valence-corrected chi connectivity index (χ1v) is 7.53. The van der Waals surface area contributed by atoms with Gasteiger partial charge >= 0.3 is 0 Å². The Morgan fingerprint density at radius 3 is 2.75 bits per heavy atom. The third-order valence-corrected chi connectivity index (χ3v) is 3.82. The van der Waals surface area contributed by atoms with Gasteiger partial charge in [-0.1, -0.05) is 13.0 Å². The molecule has 0 aliphatic heterocycles. The minimum atomic E-state index is 0.203. The summed E-state index contributed by atoms with van der Waals surface area (Å²) in [4.78, 5) is 4.22. The van der Waals surface area contributed by atoms with Gasteiger partial charge in [-0.05, 0) is 65.5 Å². The Morgan fingerprint density at radius 2 is 2.10 bits per heavy atom. The topological polar surface area (TPSA) is 48.1 Å². The average molecular weight is 335 g/mol. The van der Waals surface area contributed by atoms with Crippen molar-refractivity contribution < 1.29 is 4.74 Å². The second kappa shape index (κ2) is 6.86. The summed E-state index contributed by atoms with van der Waals surface area (Å²) in [5.74, 6) is 1.56. The molecule has 4 heteroatoms. The Hall–Kier alpha value is -1.39. The predicted molar refractivity (Wildman–Crippen MR) is 85.2 cm³/mol. The summed E-state index contributed by atoms with van der Waals surface area (Å²) in [6.45, 7) is 4.03. The molecule has 0 aliphatic rings. The van der Waals surface area contributed by atoms with Crippen LogP contribution < -0.4 is 10.5 Å². The molecule has 0 spiro atoms. The lowest BCUT2D eigenvalue weighted by atomic mass is 10.0. The molecule has 0 bridgehead atoms. The number of halogens is 1. The molecule has 0 saturated carbocycles. The van der Waals surface area contributed by atoms with E-state index in [1.807, 2.05) is 25.1 Å². The first-order chi connectivity index (χ1) is 9.60. The largest absolute Gasteiger partial charge is 0.454 e. The monoisotopic (exact) mass is 334 g/mol. The molecule has 0 fully saturated rings. The molecule has 0 aliphatic carbocycles. The number of aryl methyl sites for hydroxylation is 1. The number of aromatic nitrogens is 1. The number of benzene rings is 1. The van der Waals surface area contributed by atoms with Gasteiger partial charge in [0.25, 0.3) is 0 Å². The van der Waals surface area contributed by atoms with E-state index >= 15 is 0 Å². The summed E-state index contributed by atoms with van der Waals surface area (Å²) < 4.78 is 6.82. The van der Waals surface area contributed by atoms with Crippen molar-refractivity contribution in [2.24, 2.45) is 5.73 Å². The fourth-order valence-electron chi connectivity index (χ4n) is 1.90. The number of ether oxygens (including phenoxy) is 1. The Labute approximate surface area is 128 Å². The van der Waals surface area contributed by atoms with Crippen LogP contribution >= 0.6 is 15.9 Å². The SMILES string of the molecule is CCC(N)Cc1ccc(Oc2cccnc2C)c(Br)c1. The summed E-state index contributed by atoms with van der Waals surface area (Å²) in [5, 5.41) is 0. The standard InChI is InChI=1S/C16H19BrN2O/c1-3-13(18)9-12-6-7-16(14(17)10-12)20-15-5-4-8-19-11(15)2/h4-8,10,13H,3,9,18H2,1-2H3. The maximum Gasteiger partial charge on any atom is 0.148 e. The van der Waals surface area contributed by atoms with Crippen molar-refractivity contribution in [3.05, 3.63) is 52.3 Å². The molecule has 0 saturated heterocycles. The van der Waals surface area contributed by atoms with Gasteiger partial charge in [-0.15, -0.1) is 0 Å². The molecule has 0 amide bonds. The Balaban J connectivity index is 2.16. The quantitative estimate of drug-likeness (QED) is 0.890. The van der Waals surface area contributed by atoms with Crippen molar-refractivity contribution in [1.82, 2.24) is 4.98 Å². The second-order valence-electron chi connectivity index (χ2n) is 4.83. The highest BCUT2D eigenvalue weighted by molar-refractivity contribution is 9.10. The van der Waals surface area contributed by atoms with E-state index in [4.69, 9.17) is 10.5 Å². The van der Waals surface area contributed by atoms with E-state index in [1.54, 1.807) is 6.20 Å². The fourth-order valence-corrected chi connectivity index (χ4v) is 2.40. The van der Waals surface area contributed by atoms with Crippen molar-refractivity contribution in [2.75, 3.05) is 0 Å². The summed E-state index contributed by atoms with van der Waals surface area (Å²) in [6.07, 6.45) is 3.61. The van der Waals surface area contributed by atoms with Gasteiger partial charge < -0.3 is 10.5 Å². The predicted octanol–water partition coefficient (Wildman–Crippen LogP) is 4.22. The van der Waals surface area contributed by atoms with Gasteiger partial charge in [0.2, 0.25) is 0 Å². The van der Waals surface area contributed by atoms with Gasteiger partial charge in [-0.25, -0.2) is 0 Å². The van der Waals surface area contributed by atoms with Crippen LogP contribution in [0.1, 0.15) is 24.6 Å². The summed E-state index contributed by atoms with van der Waals surface area (Å²) in [6, 6.07) is 10.1. The highest BCUT2D eigenvalue weighted by Crippen LogP contribution is 2.31. The molecule has 2 N–H and O–H groups in total. The van der Waals surface area contributed by atoms with Crippen molar-refractivity contribution in [3.63, 3.8) is 0 Å². The highest BCUT2D eigenvalue weighted by Gasteiger charge is 2.08. The fraction of sp³-hybridized carbons (Fsp3) is 0.312. The number of nitrogens with two attached hydrogens (primary N) is 1. The normalized spacial score (nSPS) is 12.2. The minimum Gasteiger partial charge on any atom is -0.454 e. The summed E-state index contributed by atoms with van der Waals surface area (Å²) in [5.41, 5.74) is 8.06. The Kier molecular flexibility index (Phi) is 5.15. The zero-order valence-electron chi connectivity index (χ0n) is 11.8. The van der Waals surface area contributed by atoms with Gasteiger partial charge in [-0.3, -0.25) is 4.98 Å². The van der Waals surface area contributed by atoms with E-state index in [1.165, 1.54) is 5.56 Å². The molecule has 2 rings (SSSR count). The number of pyridine rings is 1. The Morgan fingerprint density at radius 1 is 1.30 bits per heavy atom. The van der Waals surface area contributed by atoms with Crippen molar-refractivity contribution in [1.29, 1.82) is 0 Å². The van der Waals surface area contributed by atoms with E-state index in [0.29, 0.717) is 0 Å². The summed E-state index contributed by atoms with van der Waals surface area (Å²) >= 11 is 3.55. The van der Waals surface area contributed by atoms with E-state index < -0.39 is 0 Å². The third-order valence-electron chi connectivity index (χ3n) is 3.20. The second-order valence-corrected chi connectivity index (χ2v) is 5.68. The lowest BCUT2D eigenvalue weighted by Gasteiger charge is -2.12. The van der Waals surface area contributed by atoms with Crippen molar-refractivity contribution >= 4 is 15.9 Å². The first kappa shape index (κ1) is 15.0. The number of hydrogen-bond donors (Lipinski definition) is 1. The van der Waals surface area contributed by atoms with Gasteiger partial charge in [0.15, 0.2) is 0 Å². The van der Waals surface area contributed by atoms with Crippen LogP contribution in [0.5, 0.6) is 11.5 Å². The van der Waals surface area contributed by atoms with Crippen LogP contribution in [0.2, 0.25) is 0 Å². The molecular weight excluding hydrogens is 316 g/mol. The van der Waals surface area contributed by atoms with Gasteiger partial charge in [0.1, 0.15) is 11.5 Å². The lowest BCUT2D eigenvalue weighted by molar-refractivity contribution is 0.472. The molecule has 1 heterocycles. The maximum absolute atomic E-state index is 5.98. The van der Waals surface area contributed by atoms with Crippen LogP contribution in [0, 0.1) is 6.92 Å². The molecule has 3 nitrogen and oxygen atoms in total. The zero-order valence-corrected chi connectivity index (χ0v) is 13.4. The number of rotatable bonds is 5. The van der Waals surface area contributed by atoms with E-state index in [2.05, 4.69) is 40.0 Å². The number of hydrogen-bond acceptors (Lipinski definition) is 3. The van der Waals surface area contributed by atoms with Crippen LogP contribution in [-0.2, 0) is 6.42 Å². The zero-order chi connectivity index (χ0) is 14.5. The van der Waals surface area contributed by atoms with Gasteiger partial charge in [0, 0.05) is 12.2 Å². The van der Waals surface area contributed by atoms with E-state index in [-0.39, 0.29) is 6.04 Å². The van der Waals surface area contributed by atoms with Gasteiger partial charge in [-0.2, -0.15) is 0 Å². The maximum atomic E-state index is 5.98. The van der Waals surface area contributed by atoms with Crippen molar-refractivity contribution in [2.45, 2.75) is 32.7 Å². The van der Waals surface area contributed by atoms with Crippen LogP contribution in [0.4, 0.5) is 0 Å². The Bertz CT molecular complexity index is 586. The highest BCUT2D eigenvalue weighted by atomic mass is 79.9. The van der Waals surface area contributed by atoms with Crippen LogP contribution in [0.3, 0.4) is 0 Å². The number of nitrogens with zero attached hydrogens (tertiary/aromatic N) is 1. The molecular formula is C16H19BrN2O. The molecule has 1 aromatic carbocycles. The van der Waals surface area contributed by atoms with Gasteiger partial charge in [0.05, 0.1) is 10.2 Å². The molecule has 1 atom stereocenters. The first-order valence-electron chi connectivity index (χ1n) is 6.73. The van der Waals surface area contributed by atoms with Crippen molar-refractivity contribution in [3.8, 4) is 11.5 Å². The average Bonchev–Trinajstić information content (AvgIpc) is 2.44. The van der Waals surface area contributed by atoms with E-state index in [9.17, 15) is 0 Å². The molecule has 106 valence electrons. The smallest absolute Gasteiger partial charge is 0.148 e. The molecule has 20 heavy (non-hydrogen) atoms. The van der Waals surface area contributed by atoms with Crippen LogP contribution in [0.15, 0.2) is 41.0 Å². The van der Waals surface area contributed by atoms with Crippen LogP contribution in [-0.4, -0.2) is 11.0 Å². The molecule has 1 aromatic heterocycles. The minimum absolute atomic E-state index is 0.203. The summed E-state index contributed by atoms with van der Waals surface area (Å²) in [7, 11) is 0. The third kappa shape index (κ3) is 3.81. The van der Waals surface area contributed by atoms with Crippen LogP contribution in [0.25, 0.3) is 0 Å². The molecule has 0 radical (unpaired) electrons.